The molecule has 0 radical (unpaired) electrons. The summed E-state index contributed by atoms with van der Waals surface area (Å²) in [6, 6.07) is 14.6. The second-order valence-electron chi connectivity index (χ2n) is 12.5. The van der Waals surface area contributed by atoms with Gasteiger partial charge in [0.15, 0.2) is 0 Å². The molecular weight excluding hydrogens is 634 g/mol. The van der Waals surface area contributed by atoms with Crippen LogP contribution in [0.5, 0.6) is 0 Å². The first-order chi connectivity index (χ1) is 24.2. The number of benzene rings is 2. The van der Waals surface area contributed by atoms with E-state index in [4.69, 9.17) is 15.7 Å². The number of aryl methyl sites for hydroxylation is 4. The predicted molar refractivity (Wildman–Crippen MR) is 190 cm³/mol. The standard InChI is InChI=1S/C36H39N11O3/c1-4-46-31-25(23(3)43-46)12-6-5-9-19-47-30(20-22(2)42-47)33(49)40-35-38-26-13-7-8-14-28(26)44(35)17-10-11-18-45-29-16-15-24(32(37)48)21-27(29)39-36(45)41-34(31)50/h7-8,10-11,13-16,20-21H,4-6,9,12,17-19H2,1-3H3,(H2,37,48)(H,38,40,49)(H,39,41,50)/b11-10+. The number of hydrogen-bond acceptors (Lipinski definition) is 7. The molecule has 1 aliphatic rings. The molecule has 256 valence electrons. The first kappa shape index (κ1) is 32.5. The molecule has 0 aliphatic carbocycles. The number of rotatable bonds is 2. The van der Waals surface area contributed by atoms with Crippen molar-refractivity contribution in [2.24, 2.45) is 5.73 Å². The van der Waals surface area contributed by atoms with E-state index in [9.17, 15) is 14.4 Å². The third-order valence-corrected chi connectivity index (χ3v) is 9.08. The molecule has 2 aromatic carbocycles. The molecule has 50 heavy (non-hydrogen) atoms. The van der Waals surface area contributed by atoms with Crippen molar-refractivity contribution in [3.05, 3.63) is 94.6 Å². The molecule has 5 heterocycles. The summed E-state index contributed by atoms with van der Waals surface area (Å²) in [5.74, 6) is -0.386. The number of nitrogens with zero attached hydrogens (tertiary/aromatic N) is 8. The monoisotopic (exact) mass is 673 g/mol. The fourth-order valence-electron chi connectivity index (χ4n) is 6.65. The van der Waals surface area contributed by atoms with Crippen molar-refractivity contribution in [2.75, 3.05) is 10.6 Å². The molecule has 4 aromatic heterocycles. The van der Waals surface area contributed by atoms with E-state index in [2.05, 4.69) is 20.8 Å². The third-order valence-electron chi connectivity index (χ3n) is 9.08. The fourth-order valence-corrected chi connectivity index (χ4v) is 6.65. The summed E-state index contributed by atoms with van der Waals surface area (Å²) in [6.07, 6.45) is 7.08. The second-order valence-corrected chi connectivity index (χ2v) is 12.5. The zero-order valence-electron chi connectivity index (χ0n) is 28.3. The van der Waals surface area contributed by atoms with Gasteiger partial charge in [-0.25, -0.2) is 9.97 Å². The lowest BCUT2D eigenvalue weighted by Crippen LogP contribution is -2.21. The molecule has 4 N–H and O–H groups in total. The minimum atomic E-state index is -0.561. The van der Waals surface area contributed by atoms with Crippen LogP contribution < -0.4 is 16.4 Å². The number of imidazole rings is 2. The largest absolute Gasteiger partial charge is 0.366 e. The van der Waals surface area contributed by atoms with Crippen molar-refractivity contribution in [2.45, 2.75) is 72.6 Å². The average Bonchev–Trinajstić information content (AvgIpc) is 3.83. The average molecular weight is 674 g/mol. The number of nitrogens with two attached hydrogens (primary N) is 1. The van der Waals surface area contributed by atoms with Crippen LogP contribution in [-0.2, 0) is 32.6 Å². The lowest BCUT2D eigenvalue weighted by molar-refractivity contribution is 0.0994. The highest BCUT2D eigenvalue weighted by molar-refractivity contribution is 6.05. The van der Waals surface area contributed by atoms with Gasteiger partial charge >= 0.3 is 0 Å². The van der Waals surface area contributed by atoms with Gasteiger partial charge in [-0.3, -0.25) is 34.4 Å². The molecule has 14 heteroatoms. The van der Waals surface area contributed by atoms with Crippen molar-refractivity contribution in [1.82, 2.24) is 38.7 Å². The van der Waals surface area contributed by atoms with Gasteiger partial charge in [0, 0.05) is 37.3 Å². The maximum absolute atomic E-state index is 14.1. The molecular formula is C36H39N11O3. The fraction of sp³-hybridized carbons (Fsp3) is 0.306. The topological polar surface area (TPSA) is 173 Å². The summed E-state index contributed by atoms with van der Waals surface area (Å²) in [6.45, 7) is 7.63. The Morgan fingerprint density at radius 3 is 2.28 bits per heavy atom. The van der Waals surface area contributed by atoms with Crippen molar-refractivity contribution in [3.63, 3.8) is 0 Å². The van der Waals surface area contributed by atoms with Crippen molar-refractivity contribution < 1.29 is 14.4 Å². The van der Waals surface area contributed by atoms with E-state index >= 15 is 0 Å². The summed E-state index contributed by atoms with van der Waals surface area (Å²) >= 11 is 0. The van der Waals surface area contributed by atoms with Gasteiger partial charge in [0.1, 0.15) is 11.4 Å². The molecule has 0 saturated carbocycles. The summed E-state index contributed by atoms with van der Waals surface area (Å²) < 4.78 is 7.33. The van der Waals surface area contributed by atoms with E-state index in [0.29, 0.717) is 67.0 Å². The molecule has 6 aromatic rings. The Kier molecular flexibility index (Phi) is 8.74. The zero-order chi connectivity index (χ0) is 34.9. The minimum absolute atomic E-state index is 0.279. The van der Waals surface area contributed by atoms with Gasteiger partial charge in [-0.15, -0.1) is 0 Å². The van der Waals surface area contributed by atoms with Crippen LogP contribution in [0.3, 0.4) is 0 Å². The van der Waals surface area contributed by atoms with Gasteiger partial charge in [0.2, 0.25) is 17.8 Å². The summed E-state index contributed by atoms with van der Waals surface area (Å²) in [4.78, 5) is 49.2. The highest BCUT2D eigenvalue weighted by atomic mass is 16.2. The molecule has 3 amide bonds. The molecule has 0 spiro atoms. The maximum atomic E-state index is 14.1. The van der Waals surface area contributed by atoms with E-state index < -0.39 is 5.91 Å². The van der Waals surface area contributed by atoms with Crippen molar-refractivity contribution >= 4 is 51.7 Å². The van der Waals surface area contributed by atoms with Gasteiger partial charge in [-0.2, -0.15) is 10.2 Å². The second kappa shape index (κ2) is 13.5. The zero-order valence-corrected chi connectivity index (χ0v) is 28.3. The normalized spacial score (nSPS) is 15.3. The lowest BCUT2D eigenvalue weighted by atomic mass is 10.0. The number of carbonyl (C=O) groups excluding carboxylic acids is 3. The first-order valence-electron chi connectivity index (χ1n) is 16.9. The van der Waals surface area contributed by atoms with Crippen LogP contribution in [0.4, 0.5) is 11.9 Å². The van der Waals surface area contributed by atoms with Gasteiger partial charge < -0.3 is 14.9 Å². The van der Waals surface area contributed by atoms with E-state index in [1.165, 1.54) is 0 Å². The molecule has 0 unspecified atom stereocenters. The Hall–Kier alpha value is -6.05. The Morgan fingerprint density at radius 2 is 1.54 bits per heavy atom. The Morgan fingerprint density at radius 1 is 0.840 bits per heavy atom. The Balaban J connectivity index is 1.30. The molecule has 0 saturated heterocycles. The van der Waals surface area contributed by atoms with Gasteiger partial charge in [0.25, 0.3) is 11.8 Å². The summed E-state index contributed by atoms with van der Waals surface area (Å²) in [5, 5.41) is 15.4. The van der Waals surface area contributed by atoms with E-state index in [0.717, 1.165) is 52.8 Å². The number of anilines is 2. The molecule has 0 fully saturated rings. The van der Waals surface area contributed by atoms with E-state index in [-0.39, 0.29) is 11.8 Å². The Bertz CT molecular complexity index is 2300. The SMILES string of the molecule is CCn1nc(C)c2c1C(=O)Nc1nc3cc(C(N)=O)ccc3n1C/C=C/Cn1c(nc3ccccc31)NC(=O)c1cc(C)nn1CCCCC2. The molecule has 0 bridgehead atoms. The summed E-state index contributed by atoms with van der Waals surface area (Å²) in [7, 11) is 0. The van der Waals surface area contributed by atoms with Crippen LogP contribution in [0, 0.1) is 13.8 Å². The number of para-hydroxylation sites is 2. The first-order valence-corrected chi connectivity index (χ1v) is 16.9. The number of nitrogens with one attached hydrogen (secondary N) is 2. The van der Waals surface area contributed by atoms with Crippen molar-refractivity contribution in [3.8, 4) is 0 Å². The maximum Gasteiger partial charge on any atom is 0.276 e. The quantitative estimate of drug-likeness (QED) is 0.217. The van der Waals surface area contributed by atoms with E-state index in [1.54, 1.807) is 33.6 Å². The number of allylic oxidation sites excluding steroid dienone is 2. The number of amides is 3. The van der Waals surface area contributed by atoms with Crippen LogP contribution in [0.15, 0.2) is 60.7 Å². The number of aromatic nitrogens is 8. The predicted octanol–water partition coefficient (Wildman–Crippen LogP) is 5.00. The van der Waals surface area contributed by atoms with Crippen molar-refractivity contribution in [1.29, 1.82) is 0 Å². The highest BCUT2D eigenvalue weighted by Gasteiger charge is 2.24. The Labute approximate surface area is 288 Å². The minimum Gasteiger partial charge on any atom is -0.366 e. The lowest BCUT2D eigenvalue weighted by Gasteiger charge is -2.11. The molecule has 7 rings (SSSR count). The number of hydrogen-bond donors (Lipinski definition) is 3. The van der Waals surface area contributed by atoms with Crippen LogP contribution in [0.1, 0.15) is 74.5 Å². The van der Waals surface area contributed by atoms with Crippen LogP contribution in [0.25, 0.3) is 22.1 Å². The molecule has 1 aliphatic heterocycles. The molecule has 0 atom stereocenters. The number of primary amides is 1. The van der Waals surface area contributed by atoms with Gasteiger partial charge in [-0.05, 0) is 76.4 Å². The van der Waals surface area contributed by atoms with Crippen LogP contribution >= 0.6 is 0 Å². The number of fused-ring (bicyclic) bond motifs is 8. The highest BCUT2D eigenvalue weighted by Crippen LogP contribution is 2.25. The van der Waals surface area contributed by atoms with Crippen LogP contribution in [-0.4, -0.2) is 56.4 Å². The summed E-state index contributed by atoms with van der Waals surface area (Å²) in [5.41, 5.74) is 12.2. The van der Waals surface area contributed by atoms with Crippen LogP contribution in [0.2, 0.25) is 0 Å². The van der Waals surface area contributed by atoms with E-state index in [1.807, 2.05) is 66.3 Å². The molecule has 14 nitrogen and oxygen atoms in total. The number of carbonyl (C=O) groups is 3. The van der Waals surface area contributed by atoms with Gasteiger partial charge in [0.05, 0.1) is 33.5 Å². The van der Waals surface area contributed by atoms with Gasteiger partial charge in [-0.1, -0.05) is 30.7 Å². The third kappa shape index (κ3) is 6.15. The smallest absolute Gasteiger partial charge is 0.276 e.